The van der Waals surface area contributed by atoms with Crippen LogP contribution in [0.4, 0.5) is 11.6 Å². The molecule has 0 saturated carbocycles. The number of amides is 1. The van der Waals surface area contributed by atoms with Gasteiger partial charge in [0.2, 0.25) is 5.95 Å². The Kier molecular flexibility index (Phi) is 3.00. The molecule has 0 unspecified atom stereocenters. The highest BCUT2D eigenvalue weighted by atomic mass is 16.6. The molecule has 2 N–H and O–H groups in total. The lowest BCUT2D eigenvalue weighted by atomic mass is 10.2. The zero-order valence-corrected chi connectivity index (χ0v) is 9.38. The monoisotopic (exact) mass is 247 g/mol. The summed E-state index contributed by atoms with van der Waals surface area (Å²) in [4.78, 5) is 25.6. The summed E-state index contributed by atoms with van der Waals surface area (Å²) in [5, 5.41) is 19.3. The molecule has 1 heterocycles. The molecule has 1 aromatic heterocycles. The van der Waals surface area contributed by atoms with Crippen LogP contribution in [0.15, 0.2) is 24.3 Å². The molecule has 92 valence electrons. The lowest BCUT2D eigenvalue weighted by molar-refractivity contribution is -0.384. The number of benzene rings is 1. The number of hydrogen-bond donors (Lipinski definition) is 2. The molecule has 0 bridgehead atoms. The van der Waals surface area contributed by atoms with E-state index in [0.29, 0.717) is 11.4 Å². The molecule has 0 aliphatic rings. The number of nitro benzene ring substituents is 1. The highest BCUT2D eigenvalue weighted by molar-refractivity contribution is 6.03. The molecule has 0 fully saturated rings. The zero-order chi connectivity index (χ0) is 13.1. The number of carbonyl (C=O) groups excluding carboxylic acids is 1. The number of aryl methyl sites for hydroxylation is 1. The van der Waals surface area contributed by atoms with Gasteiger partial charge >= 0.3 is 0 Å². The minimum Gasteiger partial charge on any atom is -0.289 e. The minimum atomic E-state index is -0.527. The van der Waals surface area contributed by atoms with Crippen LogP contribution in [0.25, 0.3) is 0 Å². The normalized spacial score (nSPS) is 10.1. The number of nitrogens with one attached hydrogen (secondary N) is 2. The van der Waals surface area contributed by atoms with Crippen molar-refractivity contribution >= 4 is 17.5 Å². The maximum Gasteiger partial charge on any atom is 0.269 e. The van der Waals surface area contributed by atoms with E-state index in [-0.39, 0.29) is 11.6 Å². The van der Waals surface area contributed by atoms with E-state index in [1.54, 1.807) is 6.92 Å². The fourth-order valence-electron chi connectivity index (χ4n) is 1.31. The van der Waals surface area contributed by atoms with E-state index in [1.165, 1.54) is 24.3 Å². The molecule has 0 aliphatic carbocycles. The number of nitrogens with zero attached hydrogens (tertiary/aromatic N) is 3. The van der Waals surface area contributed by atoms with Crippen molar-refractivity contribution in [2.24, 2.45) is 0 Å². The van der Waals surface area contributed by atoms with Gasteiger partial charge in [-0.2, -0.15) is 4.98 Å². The number of carbonyl (C=O) groups is 1. The second kappa shape index (κ2) is 4.62. The van der Waals surface area contributed by atoms with Gasteiger partial charge in [-0.15, -0.1) is 5.10 Å². The summed E-state index contributed by atoms with van der Waals surface area (Å²) in [6.45, 7) is 1.70. The van der Waals surface area contributed by atoms with Gasteiger partial charge in [0, 0.05) is 17.7 Å². The van der Waals surface area contributed by atoms with Gasteiger partial charge in [-0.3, -0.25) is 25.3 Å². The van der Waals surface area contributed by atoms with E-state index < -0.39 is 10.8 Å². The van der Waals surface area contributed by atoms with Crippen molar-refractivity contribution < 1.29 is 9.72 Å². The number of aromatic nitrogens is 3. The van der Waals surface area contributed by atoms with Crippen LogP contribution in [-0.4, -0.2) is 26.0 Å². The standard InChI is InChI=1S/C10H9N5O3/c1-6-11-10(14-13-6)12-9(16)7-2-4-8(5-3-7)15(17)18/h2-5H,1H3,(H2,11,12,13,14,16). The van der Waals surface area contributed by atoms with Crippen LogP contribution in [-0.2, 0) is 0 Å². The van der Waals surface area contributed by atoms with Crippen LogP contribution in [0, 0.1) is 17.0 Å². The van der Waals surface area contributed by atoms with E-state index in [1.807, 2.05) is 0 Å². The second-order valence-corrected chi connectivity index (χ2v) is 3.50. The van der Waals surface area contributed by atoms with E-state index in [0.717, 1.165) is 0 Å². The highest BCUT2D eigenvalue weighted by Crippen LogP contribution is 2.12. The molecular weight excluding hydrogens is 238 g/mol. The van der Waals surface area contributed by atoms with Crippen LogP contribution in [0.3, 0.4) is 0 Å². The van der Waals surface area contributed by atoms with Crippen molar-refractivity contribution in [1.82, 2.24) is 15.2 Å². The predicted octanol–water partition coefficient (Wildman–Crippen LogP) is 1.27. The van der Waals surface area contributed by atoms with Crippen molar-refractivity contribution in [2.75, 3.05) is 5.32 Å². The lowest BCUT2D eigenvalue weighted by Crippen LogP contribution is -2.12. The first-order valence-electron chi connectivity index (χ1n) is 5.01. The molecule has 8 heteroatoms. The molecule has 18 heavy (non-hydrogen) atoms. The minimum absolute atomic E-state index is 0.0692. The SMILES string of the molecule is Cc1nc(NC(=O)c2ccc([N+](=O)[O-])cc2)n[nH]1. The molecule has 2 aromatic rings. The molecule has 0 atom stereocenters. The first-order valence-corrected chi connectivity index (χ1v) is 5.01. The second-order valence-electron chi connectivity index (χ2n) is 3.50. The summed E-state index contributed by atoms with van der Waals surface area (Å²) in [5.41, 5.74) is 0.225. The van der Waals surface area contributed by atoms with Gasteiger partial charge in [-0.05, 0) is 19.1 Å². The maximum absolute atomic E-state index is 11.7. The molecule has 8 nitrogen and oxygen atoms in total. The lowest BCUT2D eigenvalue weighted by Gasteiger charge is -2.00. The van der Waals surface area contributed by atoms with Crippen molar-refractivity contribution in [1.29, 1.82) is 0 Å². The fraction of sp³-hybridized carbons (Fsp3) is 0.100. The summed E-state index contributed by atoms with van der Waals surface area (Å²) < 4.78 is 0. The Hall–Kier alpha value is -2.77. The summed E-state index contributed by atoms with van der Waals surface area (Å²) in [6.07, 6.45) is 0. The quantitative estimate of drug-likeness (QED) is 0.626. The molecule has 0 saturated heterocycles. The van der Waals surface area contributed by atoms with Gasteiger partial charge in [-0.25, -0.2) is 0 Å². The fourth-order valence-corrected chi connectivity index (χ4v) is 1.31. The van der Waals surface area contributed by atoms with E-state index in [4.69, 9.17) is 0 Å². The average molecular weight is 247 g/mol. The zero-order valence-electron chi connectivity index (χ0n) is 9.38. The molecule has 0 radical (unpaired) electrons. The third-order valence-electron chi connectivity index (χ3n) is 2.16. The Balaban J connectivity index is 2.11. The van der Waals surface area contributed by atoms with E-state index in [2.05, 4.69) is 20.5 Å². The predicted molar refractivity (Wildman–Crippen MR) is 62.2 cm³/mol. The molecule has 0 spiro atoms. The number of non-ortho nitro benzene ring substituents is 1. The molecule has 0 aliphatic heterocycles. The van der Waals surface area contributed by atoms with E-state index in [9.17, 15) is 14.9 Å². The number of nitro groups is 1. The Bertz CT molecular complexity index is 590. The number of rotatable bonds is 3. The number of anilines is 1. The highest BCUT2D eigenvalue weighted by Gasteiger charge is 2.11. The first-order chi connectivity index (χ1) is 8.56. The van der Waals surface area contributed by atoms with Crippen molar-refractivity contribution in [3.63, 3.8) is 0 Å². The van der Waals surface area contributed by atoms with Gasteiger partial charge < -0.3 is 0 Å². The van der Waals surface area contributed by atoms with Crippen LogP contribution in [0.5, 0.6) is 0 Å². The average Bonchev–Trinajstić information content (AvgIpc) is 2.75. The van der Waals surface area contributed by atoms with Crippen molar-refractivity contribution in [3.05, 3.63) is 45.8 Å². The van der Waals surface area contributed by atoms with Crippen LogP contribution in [0.1, 0.15) is 16.2 Å². The Morgan fingerprint density at radius 1 is 1.39 bits per heavy atom. The van der Waals surface area contributed by atoms with Gasteiger partial charge in [-0.1, -0.05) is 0 Å². The number of H-pyrrole nitrogens is 1. The maximum atomic E-state index is 11.7. The number of aromatic amines is 1. The summed E-state index contributed by atoms with van der Waals surface area (Å²) in [7, 11) is 0. The Morgan fingerprint density at radius 3 is 2.56 bits per heavy atom. The Labute approximate surface area is 101 Å². The third kappa shape index (κ3) is 2.48. The molecule has 2 rings (SSSR count). The molecule has 1 aromatic carbocycles. The third-order valence-corrected chi connectivity index (χ3v) is 2.16. The molecule has 1 amide bonds. The first kappa shape index (κ1) is 11.7. The largest absolute Gasteiger partial charge is 0.289 e. The topological polar surface area (TPSA) is 114 Å². The van der Waals surface area contributed by atoms with Crippen molar-refractivity contribution in [2.45, 2.75) is 6.92 Å². The summed E-state index contributed by atoms with van der Waals surface area (Å²) in [5.74, 6) is 0.314. The van der Waals surface area contributed by atoms with Crippen LogP contribution in [0.2, 0.25) is 0 Å². The van der Waals surface area contributed by atoms with Crippen LogP contribution < -0.4 is 5.32 Å². The summed E-state index contributed by atoms with van der Waals surface area (Å²) in [6, 6.07) is 5.26. The number of hydrogen-bond acceptors (Lipinski definition) is 5. The van der Waals surface area contributed by atoms with E-state index >= 15 is 0 Å². The van der Waals surface area contributed by atoms with Gasteiger partial charge in [0.1, 0.15) is 5.82 Å². The summed E-state index contributed by atoms with van der Waals surface area (Å²) >= 11 is 0. The van der Waals surface area contributed by atoms with Crippen LogP contribution >= 0.6 is 0 Å². The van der Waals surface area contributed by atoms with Crippen molar-refractivity contribution in [3.8, 4) is 0 Å². The molecular formula is C10H9N5O3. The Morgan fingerprint density at radius 2 is 2.06 bits per heavy atom. The van der Waals surface area contributed by atoms with Gasteiger partial charge in [0.25, 0.3) is 11.6 Å². The van der Waals surface area contributed by atoms with Gasteiger partial charge in [0.05, 0.1) is 4.92 Å². The smallest absolute Gasteiger partial charge is 0.269 e. The van der Waals surface area contributed by atoms with Gasteiger partial charge in [0.15, 0.2) is 0 Å².